The maximum Gasteiger partial charge on any atom is 0.220 e. The highest BCUT2D eigenvalue weighted by molar-refractivity contribution is 5.76. The first-order valence-electron chi connectivity index (χ1n) is 7.96. The molecule has 1 saturated carbocycles. The van der Waals surface area contributed by atoms with E-state index >= 15 is 0 Å². The Bertz CT molecular complexity index is 513. The molecule has 0 radical (unpaired) electrons. The van der Waals surface area contributed by atoms with Crippen LogP contribution in [0.2, 0.25) is 0 Å². The van der Waals surface area contributed by atoms with E-state index in [1.165, 1.54) is 0 Å². The van der Waals surface area contributed by atoms with Crippen molar-refractivity contribution in [2.45, 2.75) is 37.8 Å². The summed E-state index contributed by atoms with van der Waals surface area (Å²) in [7, 11) is 3.11. The molecule has 0 heterocycles. The van der Waals surface area contributed by atoms with Crippen molar-refractivity contribution in [3.63, 3.8) is 0 Å². The van der Waals surface area contributed by atoms with Crippen molar-refractivity contribution >= 4 is 5.91 Å². The summed E-state index contributed by atoms with van der Waals surface area (Å²) in [5, 5.41) is 13.0. The van der Waals surface area contributed by atoms with Crippen LogP contribution in [0, 0.1) is 5.92 Å². The number of aliphatic hydroxyl groups is 1. The quantitative estimate of drug-likeness (QED) is 0.705. The molecule has 0 bridgehead atoms. The molecule has 1 aliphatic rings. The van der Waals surface area contributed by atoms with E-state index in [1.54, 1.807) is 32.4 Å². The lowest BCUT2D eigenvalue weighted by atomic mass is 10.00. The first kappa shape index (κ1) is 17.6. The number of carbonyl (C=O) groups excluding carboxylic acids is 1. The molecule has 1 unspecified atom stereocenters. The molecular formula is C17H26N2O4. The fourth-order valence-corrected chi connectivity index (χ4v) is 2.98. The van der Waals surface area contributed by atoms with Crippen molar-refractivity contribution in [1.82, 2.24) is 5.32 Å². The van der Waals surface area contributed by atoms with Crippen molar-refractivity contribution in [2.24, 2.45) is 11.7 Å². The van der Waals surface area contributed by atoms with Crippen molar-refractivity contribution in [1.29, 1.82) is 0 Å². The average molecular weight is 322 g/mol. The molecule has 0 aromatic heterocycles. The van der Waals surface area contributed by atoms with E-state index in [1.807, 2.05) is 0 Å². The van der Waals surface area contributed by atoms with Crippen LogP contribution >= 0.6 is 0 Å². The van der Waals surface area contributed by atoms with Crippen LogP contribution < -0.4 is 20.5 Å². The molecule has 0 spiro atoms. The number of hydrogen-bond donors (Lipinski definition) is 3. The highest BCUT2D eigenvalue weighted by Gasteiger charge is 2.26. The third-order valence-corrected chi connectivity index (χ3v) is 4.42. The molecule has 1 fully saturated rings. The van der Waals surface area contributed by atoms with E-state index in [-0.39, 0.29) is 24.4 Å². The lowest BCUT2D eigenvalue weighted by molar-refractivity contribution is -0.122. The molecule has 1 aliphatic carbocycles. The van der Waals surface area contributed by atoms with Gasteiger partial charge in [0.15, 0.2) is 0 Å². The summed E-state index contributed by atoms with van der Waals surface area (Å²) >= 11 is 0. The molecule has 6 nitrogen and oxygen atoms in total. The maximum absolute atomic E-state index is 12.0. The number of amides is 1. The topological polar surface area (TPSA) is 93.8 Å². The van der Waals surface area contributed by atoms with Crippen LogP contribution in [0.25, 0.3) is 0 Å². The predicted octanol–water partition coefficient (Wildman–Crippen LogP) is 1.37. The Hall–Kier alpha value is -1.79. The maximum atomic E-state index is 12.0. The predicted molar refractivity (Wildman–Crippen MR) is 87.4 cm³/mol. The zero-order valence-electron chi connectivity index (χ0n) is 13.7. The van der Waals surface area contributed by atoms with E-state index in [4.69, 9.17) is 15.2 Å². The standard InChI is InChI=1S/C17H26N2O4/c1-22-13-6-12(7-14(9-13)23-2)16(20)10-19-17(21)8-11-4-3-5-15(11)18/h6-7,9,11,15-16,20H,3-5,8,10,18H2,1-2H3,(H,19,21)/t11-,15+,16?/m0/s1. The summed E-state index contributed by atoms with van der Waals surface area (Å²) in [4.78, 5) is 12.0. The third kappa shape index (κ3) is 4.84. The van der Waals surface area contributed by atoms with Crippen molar-refractivity contribution < 1.29 is 19.4 Å². The molecule has 0 aliphatic heterocycles. The highest BCUT2D eigenvalue weighted by atomic mass is 16.5. The van der Waals surface area contributed by atoms with Gasteiger partial charge in [-0.3, -0.25) is 4.79 Å². The van der Waals surface area contributed by atoms with Crippen LogP contribution in [0.1, 0.15) is 37.4 Å². The normalized spacial score (nSPS) is 21.7. The number of nitrogens with two attached hydrogens (primary N) is 1. The van der Waals surface area contributed by atoms with Gasteiger partial charge in [-0.2, -0.15) is 0 Å². The summed E-state index contributed by atoms with van der Waals surface area (Å²) in [6, 6.07) is 5.31. The number of ether oxygens (including phenoxy) is 2. The summed E-state index contributed by atoms with van der Waals surface area (Å²) in [6.45, 7) is 0.150. The van der Waals surface area contributed by atoms with Crippen LogP contribution in [-0.4, -0.2) is 37.8 Å². The second kappa shape index (κ2) is 8.17. The number of nitrogens with one attached hydrogen (secondary N) is 1. The number of benzene rings is 1. The van der Waals surface area contributed by atoms with Crippen molar-refractivity contribution in [3.8, 4) is 11.5 Å². The molecule has 23 heavy (non-hydrogen) atoms. The van der Waals surface area contributed by atoms with Gasteiger partial charge in [-0.05, 0) is 36.5 Å². The Morgan fingerprint density at radius 3 is 2.48 bits per heavy atom. The molecular weight excluding hydrogens is 296 g/mol. The van der Waals surface area contributed by atoms with Crippen LogP contribution in [-0.2, 0) is 4.79 Å². The fraction of sp³-hybridized carbons (Fsp3) is 0.588. The number of methoxy groups -OCH3 is 2. The summed E-state index contributed by atoms with van der Waals surface area (Å²) in [5.41, 5.74) is 6.62. The largest absolute Gasteiger partial charge is 0.497 e. The van der Waals surface area contributed by atoms with Gasteiger partial charge in [0.25, 0.3) is 0 Å². The molecule has 0 saturated heterocycles. The fourth-order valence-electron chi connectivity index (χ4n) is 2.98. The van der Waals surface area contributed by atoms with Gasteiger partial charge in [-0.15, -0.1) is 0 Å². The second-order valence-electron chi connectivity index (χ2n) is 6.02. The van der Waals surface area contributed by atoms with Gasteiger partial charge in [0, 0.05) is 25.1 Å². The molecule has 3 atom stereocenters. The minimum atomic E-state index is -0.819. The van der Waals surface area contributed by atoms with Gasteiger partial charge < -0.3 is 25.6 Å². The van der Waals surface area contributed by atoms with Gasteiger partial charge in [-0.1, -0.05) is 6.42 Å². The highest BCUT2D eigenvalue weighted by Crippen LogP contribution is 2.27. The van der Waals surface area contributed by atoms with Gasteiger partial charge in [0.05, 0.1) is 20.3 Å². The smallest absolute Gasteiger partial charge is 0.220 e. The number of hydrogen-bond acceptors (Lipinski definition) is 5. The van der Waals surface area contributed by atoms with Crippen LogP contribution in [0.5, 0.6) is 11.5 Å². The number of aliphatic hydroxyl groups excluding tert-OH is 1. The minimum absolute atomic E-state index is 0.0683. The molecule has 2 rings (SSSR count). The Kier molecular flexibility index (Phi) is 6.24. The Morgan fingerprint density at radius 1 is 1.30 bits per heavy atom. The average Bonchev–Trinajstić information content (AvgIpc) is 2.96. The lowest BCUT2D eigenvalue weighted by Crippen LogP contribution is -2.33. The van der Waals surface area contributed by atoms with Crippen LogP contribution in [0.4, 0.5) is 0 Å². The Balaban J connectivity index is 1.88. The summed E-state index contributed by atoms with van der Waals surface area (Å²) in [5.74, 6) is 1.38. The number of carbonyl (C=O) groups is 1. The van der Waals surface area contributed by atoms with E-state index in [0.29, 0.717) is 23.5 Å². The second-order valence-corrected chi connectivity index (χ2v) is 6.02. The van der Waals surface area contributed by atoms with Gasteiger partial charge in [-0.25, -0.2) is 0 Å². The monoisotopic (exact) mass is 322 g/mol. The summed E-state index contributed by atoms with van der Waals surface area (Å²) in [6.07, 6.45) is 2.69. The van der Waals surface area contributed by atoms with Crippen LogP contribution in [0.3, 0.4) is 0 Å². The zero-order valence-corrected chi connectivity index (χ0v) is 13.7. The molecule has 128 valence electrons. The number of rotatable bonds is 7. The first-order chi connectivity index (χ1) is 11.0. The van der Waals surface area contributed by atoms with E-state index < -0.39 is 6.10 Å². The Labute approximate surface area is 137 Å². The van der Waals surface area contributed by atoms with E-state index in [9.17, 15) is 9.90 Å². The van der Waals surface area contributed by atoms with Gasteiger partial charge >= 0.3 is 0 Å². The summed E-state index contributed by atoms with van der Waals surface area (Å²) < 4.78 is 10.4. The van der Waals surface area contributed by atoms with E-state index in [0.717, 1.165) is 19.3 Å². The van der Waals surface area contributed by atoms with Crippen molar-refractivity contribution in [2.75, 3.05) is 20.8 Å². The van der Waals surface area contributed by atoms with Gasteiger partial charge in [0.1, 0.15) is 11.5 Å². The molecule has 1 amide bonds. The molecule has 1 aromatic rings. The van der Waals surface area contributed by atoms with Crippen molar-refractivity contribution in [3.05, 3.63) is 23.8 Å². The third-order valence-electron chi connectivity index (χ3n) is 4.42. The first-order valence-corrected chi connectivity index (χ1v) is 7.96. The van der Waals surface area contributed by atoms with Gasteiger partial charge in [0.2, 0.25) is 5.91 Å². The molecule has 1 aromatic carbocycles. The lowest BCUT2D eigenvalue weighted by Gasteiger charge is -2.17. The zero-order chi connectivity index (χ0) is 16.8. The molecule has 6 heteroatoms. The SMILES string of the molecule is COc1cc(OC)cc(C(O)CNC(=O)C[C@@H]2CCC[C@H]2N)c1. The van der Waals surface area contributed by atoms with E-state index in [2.05, 4.69) is 5.32 Å². The molecule has 4 N–H and O–H groups in total. The van der Waals surface area contributed by atoms with Crippen LogP contribution in [0.15, 0.2) is 18.2 Å². The minimum Gasteiger partial charge on any atom is -0.497 e. The Morgan fingerprint density at radius 2 is 1.96 bits per heavy atom.